The maximum atomic E-state index is 12.8. The van der Waals surface area contributed by atoms with E-state index < -0.39 is 52.7 Å². The standard InChI is InChI=1S/C23H25N5O11P2/c24-23-25-20-17(21(31)26-23)27(10-13-6-8-15(9-7-13)14-4-2-1-3-5-14)12-28(20)22-19(30)18(29)16(38-22)11-37-41(35,36)39-40(32,33)34/h1-9,12,16,18-19,22,29-30H,10-11H2,(H5-,24,25,26,31,32,33,34,35,36)/t16-,18-,19-,22-/m1/s1. The van der Waals surface area contributed by atoms with Crippen molar-refractivity contribution < 1.29 is 57.3 Å². The second-order valence-electron chi connectivity index (χ2n) is 9.16. The van der Waals surface area contributed by atoms with Crippen LogP contribution in [0.1, 0.15) is 11.8 Å². The Balaban J connectivity index is 1.42. The van der Waals surface area contributed by atoms with Crippen molar-refractivity contribution in [3.8, 4) is 17.0 Å². The molecule has 1 unspecified atom stereocenters. The third-order valence-corrected chi connectivity index (χ3v) is 8.44. The van der Waals surface area contributed by atoms with E-state index >= 15 is 0 Å². The first kappa shape index (κ1) is 29.2. The van der Waals surface area contributed by atoms with E-state index in [4.69, 9.17) is 20.3 Å². The number of aliphatic hydroxyl groups excluding tert-OH is 2. The molecule has 5 atom stereocenters. The van der Waals surface area contributed by atoms with Gasteiger partial charge in [-0.3, -0.25) is 9.09 Å². The van der Waals surface area contributed by atoms with E-state index in [2.05, 4.69) is 18.8 Å². The molecule has 18 heteroatoms. The van der Waals surface area contributed by atoms with Crippen LogP contribution in [0.5, 0.6) is 5.88 Å². The molecule has 0 amide bonds. The fourth-order valence-corrected chi connectivity index (χ4v) is 6.09. The van der Waals surface area contributed by atoms with Gasteiger partial charge in [0.2, 0.25) is 6.23 Å². The number of rotatable bonds is 9. The number of aromatic nitrogens is 4. The largest absolute Gasteiger partial charge is 0.856 e. The molecule has 2 aromatic heterocycles. The first-order valence-corrected chi connectivity index (χ1v) is 15.0. The number of nitrogens with two attached hydrogens (primary N) is 1. The lowest BCUT2D eigenvalue weighted by atomic mass is 10.0. The van der Waals surface area contributed by atoms with Crippen LogP contribution in [0.3, 0.4) is 0 Å². The Hall–Kier alpha value is -3.27. The summed E-state index contributed by atoms with van der Waals surface area (Å²) >= 11 is 0. The Labute approximate surface area is 231 Å². The molecule has 41 heavy (non-hydrogen) atoms. The molecule has 5 rings (SSSR count). The number of phosphoric acid groups is 2. The molecular formula is C23H25N5O11P2. The SMILES string of the molecule is Nc1nc([O-])c2c(n1)[n+]([C@@H]1O[C@H](COP(=O)(O)OP(=O)(O)O)[C@@H](O)[C@H]1O)cn2Cc1ccc(-c2ccccc2)cc1. The molecule has 218 valence electrons. The maximum Gasteiger partial charge on any atom is 0.481 e. The quantitative estimate of drug-likeness (QED) is 0.107. The fraction of sp³-hybridized carbons (Fsp3) is 0.261. The van der Waals surface area contributed by atoms with Crippen molar-refractivity contribution in [2.24, 2.45) is 0 Å². The van der Waals surface area contributed by atoms with E-state index in [1.165, 1.54) is 15.5 Å². The lowest BCUT2D eigenvalue weighted by molar-refractivity contribution is -0.745. The average Bonchev–Trinajstić information content (AvgIpc) is 3.39. The van der Waals surface area contributed by atoms with Crippen molar-refractivity contribution in [2.45, 2.75) is 31.1 Å². The number of ether oxygens (including phenoxy) is 1. The number of hydrogen-bond acceptors (Lipinski definition) is 11. The molecule has 7 N–H and O–H groups in total. The minimum Gasteiger partial charge on any atom is -0.856 e. The lowest BCUT2D eigenvalue weighted by Crippen LogP contribution is -2.46. The lowest BCUT2D eigenvalue weighted by Gasteiger charge is -2.17. The van der Waals surface area contributed by atoms with Crippen LogP contribution < -0.4 is 15.4 Å². The van der Waals surface area contributed by atoms with E-state index in [-0.39, 0.29) is 23.7 Å². The molecule has 1 aliphatic heterocycles. The van der Waals surface area contributed by atoms with Crippen molar-refractivity contribution in [1.29, 1.82) is 0 Å². The molecular weight excluding hydrogens is 584 g/mol. The van der Waals surface area contributed by atoms with Crippen LogP contribution in [0.2, 0.25) is 0 Å². The van der Waals surface area contributed by atoms with Gasteiger partial charge in [0, 0.05) is 5.88 Å². The van der Waals surface area contributed by atoms with Crippen LogP contribution >= 0.6 is 15.6 Å². The van der Waals surface area contributed by atoms with Gasteiger partial charge in [-0.2, -0.15) is 4.31 Å². The Bertz CT molecular complexity index is 1650. The highest BCUT2D eigenvalue weighted by molar-refractivity contribution is 7.60. The Kier molecular flexibility index (Phi) is 7.98. The monoisotopic (exact) mass is 609 g/mol. The summed E-state index contributed by atoms with van der Waals surface area (Å²) in [7, 11) is -10.6. The Morgan fingerprint density at radius 3 is 2.32 bits per heavy atom. The van der Waals surface area contributed by atoms with E-state index in [1.807, 2.05) is 54.6 Å². The predicted octanol–water partition coefficient (Wildman–Crippen LogP) is -0.0646. The molecule has 0 spiro atoms. The summed E-state index contributed by atoms with van der Waals surface area (Å²) < 4.78 is 39.4. The molecule has 1 aliphatic rings. The van der Waals surface area contributed by atoms with Crippen LogP contribution in [0.15, 0.2) is 60.9 Å². The van der Waals surface area contributed by atoms with Crippen LogP contribution in [-0.4, -0.2) is 64.3 Å². The van der Waals surface area contributed by atoms with E-state index in [0.29, 0.717) is 0 Å². The zero-order valence-corrected chi connectivity index (χ0v) is 22.7. The number of nitrogen functional groups attached to an aromatic ring is 1. The molecule has 0 aliphatic carbocycles. The molecule has 1 saturated heterocycles. The van der Waals surface area contributed by atoms with Crippen LogP contribution in [0.4, 0.5) is 5.95 Å². The van der Waals surface area contributed by atoms with Gasteiger partial charge in [0.25, 0.3) is 5.95 Å². The first-order chi connectivity index (χ1) is 19.3. The number of anilines is 1. The Morgan fingerprint density at radius 2 is 1.66 bits per heavy atom. The van der Waals surface area contributed by atoms with Gasteiger partial charge in [-0.05, 0) is 16.7 Å². The number of phosphoric ester groups is 1. The molecule has 3 heterocycles. The second-order valence-corrected chi connectivity index (χ2v) is 12.0. The van der Waals surface area contributed by atoms with Gasteiger partial charge in [-0.1, -0.05) is 59.6 Å². The summed E-state index contributed by atoms with van der Waals surface area (Å²) in [5.41, 5.74) is 8.56. The third-order valence-electron chi connectivity index (χ3n) is 6.28. The topological polar surface area (TPSA) is 247 Å². The smallest absolute Gasteiger partial charge is 0.481 e. The highest BCUT2D eigenvalue weighted by Crippen LogP contribution is 2.57. The number of hydrogen-bond donors (Lipinski definition) is 6. The summed E-state index contributed by atoms with van der Waals surface area (Å²) in [6.45, 7) is -0.703. The first-order valence-electron chi connectivity index (χ1n) is 12.0. The predicted molar refractivity (Wildman–Crippen MR) is 137 cm³/mol. The normalized spacial score (nSPS) is 22.7. The molecule has 1 fully saturated rings. The van der Waals surface area contributed by atoms with Gasteiger partial charge in [0.05, 0.1) is 13.2 Å². The van der Waals surface area contributed by atoms with Crippen molar-refractivity contribution in [1.82, 2.24) is 14.5 Å². The zero-order valence-electron chi connectivity index (χ0n) is 20.9. The van der Waals surface area contributed by atoms with Crippen LogP contribution in [-0.2, 0) is 29.2 Å². The average molecular weight is 609 g/mol. The number of aliphatic hydroxyl groups is 2. The molecule has 16 nitrogen and oxygen atoms in total. The van der Waals surface area contributed by atoms with Crippen LogP contribution in [0.25, 0.3) is 22.3 Å². The summed E-state index contributed by atoms with van der Waals surface area (Å²) in [5, 5.41) is 34.1. The third kappa shape index (κ3) is 6.47. The van der Waals surface area contributed by atoms with Crippen molar-refractivity contribution in [2.75, 3.05) is 12.3 Å². The fourth-order valence-electron chi connectivity index (χ4n) is 4.49. The molecule has 0 radical (unpaired) electrons. The van der Waals surface area contributed by atoms with Gasteiger partial charge in [-0.15, -0.1) is 0 Å². The minimum absolute atomic E-state index is 0.0149. The highest BCUT2D eigenvalue weighted by atomic mass is 31.3. The number of nitrogens with zero attached hydrogens (tertiary/aromatic N) is 4. The summed E-state index contributed by atoms with van der Waals surface area (Å²) in [5.74, 6) is -1.04. The van der Waals surface area contributed by atoms with Gasteiger partial charge < -0.3 is 40.5 Å². The van der Waals surface area contributed by atoms with Crippen molar-refractivity contribution >= 4 is 32.8 Å². The highest BCUT2D eigenvalue weighted by Gasteiger charge is 2.48. The summed E-state index contributed by atoms with van der Waals surface area (Å²) in [6, 6.07) is 17.4. The van der Waals surface area contributed by atoms with Crippen molar-refractivity contribution in [3.63, 3.8) is 0 Å². The minimum atomic E-state index is -5.37. The molecule has 2 aromatic carbocycles. The summed E-state index contributed by atoms with van der Waals surface area (Å²) in [6.07, 6.45) is -4.74. The summed E-state index contributed by atoms with van der Waals surface area (Å²) in [4.78, 5) is 34.8. The van der Waals surface area contributed by atoms with Gasteiger partial charge in [-0.25, -0.2) is 18.7 Å². The van der Waals surface area contributed by atoms with Gasteiger partial charge >= 0.3 is 21.3 Å². The van der Waals surface area contributed by atoms with E-state index in [0.717, 1.165) is 16.7 Å². The van der Waals surface area contributed by atoms with E-state index in [1.54, 1.807) is 0 Å². The zero-order chi connectivity index (χ0) is 29.5. The Morgan fingerprint density at radius 1 is 1.00 bits per heavy atom. The van der Waals surface area contributed by atoms with Gasteiger partial charge in [0.15, 0.2) is 11.8 Å². The van der Waals surface area contributed by atoms with Crippen molar-refractivity contribution in [3.05, 3.63) is 66.5 Å². The molecule has 0 bridgehead atoms. The maximum absolute atomic E-state index is 12.8. The number of benzene rings is 2. The molecule has 4 aromatic rings. The number of imidazole rings is 1. The molecule has 0 saturated carbocycles. The van der Waals surface area contributed by atoms with Gasteiger partial charge in [0.1, 0.15) is 18.3 Å². The van der Waals surface area contributed by atoms with Crippen LogP contribution in [0, 0.1) is 0 Å². The second kappa shape index (κ2) is 11.2. The van der Waals surface area contributed by atoms with E-state index in [9.17, 15) is 29.3 Å². The number of fused-ring (bicyclic) bond motifs is 1.